The van der Waals surface area contributed by atoms with E-state index >= 15 is 0 Å². The number of amides is 2. The fourth-order valence-corrected chi connectivity index (χ4v) is 3.57. The second kappa shape index (κ2) is 10.6. The zero-order chi connectivity index (χ0) is 21.3. The first-order valence-corrected chi connectivity index (χ1v) is 10.7. The van der Waals surface area contributed by atoms with E-state index in [0.717, 1.165) is 36.3 Å². The molecule has 2 amide bonds. The number of urea groups is 1. The molecule has 1 aliphatic rings. The summed E-state index contributed by atoms with van der Waals surface area (Å²) in [7, 11) is 0. The Morgan fingerprint density at radius 2 is 1.55 bits per heavy atom. The molecule has 0 saturated heterocycles. The van der Waals surface area contributed by atoms with E-state index in [2.05, 4.69) is 34.9 Å². The number of nitrogens with one attached hydrogen (secondary N) is 2. The monoisotopic (exact) mass is 416 g/mol. The molecule has 5 heteroatoms. The van der Waals surface area contributed by atoms with Gasteiger partial charge in [-0.1, -0.05) is 66.7 Å². The van der Waals surface area contributed by atoms with E-state index in [9.17, 15) is 4.79 Å². The Bertz CT molecular complexity index is 987. The lowest BCUT2D eigenvalue weighted by Gasteiger charge is -2.09. The van der Waals surface area contributed by atoms with E-state index in [4.69, 9.17) is 9.47 Å². The van der Waals surface area contributed by atoms with Crippen molar-refractivity contribution in [2.24, 2.45) is 0 Å². The van der Waals surface area contributed by atoms with E-state index in [1.807, 2.05) is 48.5 Å². The molecule has 0 spiro atoms. The van der Waals surface area contributed by atoms with Gasteiger partial charge in [-0.25, -0.2) is 4.79 Å². The van der Waals surface area contributed by atoms with Gasteiger partial charge in [-0.3, -0.25) is 0 Å². The highest BCUT2D eigenvalue weighted by Crippen LogP contribution is 2.25. The van der Waals surface area contributed by atoms with Gasteiger partial charge in [0.05, 0.1) is 19.8 Å². The van der Waals surface area contributed by atoms with E-state index in [1.54, 1.807) is 0 Å². The Labute approximate surface area is 183 Å². The molecule has 3 aromatic rings. The summed E-state index contributed by atoms with van der Waals surface area (Å²) in [6.07, 6.45) is 1.77. The van der Waals surface area contributed by atoms with Crippen molar-refractivity contribution in [3.05, 3.63) is 101 Å². The highest BCUT2D eigenvalue weighted by molar-refractivity contribution is 5.73. The number of carbonyl (C=O) groups is 1. The maximum Gasteiger partial charge on any atom is 0.315 e. The van der Waals surface area contributed by atoms with Crippen LogP contribution >= 0.6 is 0 Å². The number of benzene rings is 3. The van der Waals surface area contributed by atoms with Gasteiger partial charge in [-0.15, -0.1) is 0 Å². The van der Waals surface area contributed by atoms with Crippen LogP contribution in [0.4, 0.5) is 4.79 Å². The third kappa shape index (κ3) is 6.33. The number of ether oxygens (including phenoxy) is 2. The maximum absolute atomic E-state index is 12.1. The molecule has 3 aromatic carbocycles. The average Bonchev–Trinajstić information content (AvgIpc) is 3.27. The molecule has 0 saturated carbocycles. The van der Waals surface area contributed by atoms with Crippen LogP contribution in [0.3, 0.4) is 0 Å². The second-order valence-corrected chi connectivity index (χ2v) is 7.69. The molecule has 31 heavy (non-hydrogen) atoms. The Hall–Kier alpha value is -3.31. The fourth-order valence-electron chi connectivity index (χ4n) is 3.57. The summed E-state index contributed by atoms with van der Waals surface area (Å²) in [5, 5.41) is 5.83. The van der Waals surface area contributed by atoms with Crippen molar-refractivity contribution in [2.45, 2.75) is 32.6 Å². The van der Waals surface area contributed by atoms with Gasteiger partial charge in [0, 0.05) is 19.5 Å². The van der Waals surface area contributed by atoms with Crippen LogP contribution < -0.4 is 15.4 Å². The highest BCUT2D eigenvalue weighted by atomic mass is 16.5. The van der Waals surface area contributed by atoms with Gasteiger partial charge in [0.15, 0.2) is 0 Å². The molecule has 160 valence electrons. The van der Waals surface area contributed by atoms with Crippen molar-refractivity contribution in [2.75, 3.05) is 13.2 Å². The first-order chi connectivity index (χ1) is 15.3. The van der Waals surface area contributed by atoms with E-state index in [1.165, 1.54) is 16.7 Å². The first-order valence-electron chi connectivity index (χ1n) is 10.7. The normalized spacial score (nSPS) is 12.1. The predicted octanol–water partition coefficient (Wildman–Crippen LogP) is 4.38. The van der Waals surface area contributed by atoms with Crippen LogP contribution in [0.15, 0.2) is 72.8 Å². The lowest BCUT2D eigenvalue weighted by Crippen LogP contribution is -2.36. The third-order valence-corrected chi connectivity index (χ3v) is 5.31. The fraction of sp³-hybridized carbons (Fsp3) is 0.269. The van der Waals surface area contributed by atoms with Crippen molar-refractivity contribution < 1.29 is 14.3 Å². The molecule has 0 aromatic heterocycles. The minimum absolute atomic E-state index is 0.153. The summed E-state index contributed by atoms with van der Waals surface area (Å²) in [5.41, 5.74) is 5.81. The van der Waals surface area contributed by atoms with Crippen LogP contribution in [-0.4, -0.2) is 19.2 Å². The summed E-state index contributed by atoms with van der Waals surface area (Å²) in [4.78, 5) is 12.1. The molecule has 0 bridgehead atoms. The molecule has 0 fully saturated rings. The quantitative estimate of drug-likeness (QED) is 0.544. The van der Waals surface area contributed by atoms with Crippen LogP contribution in [0.1, 0.15) is 27.8 Å². The molecule has 1 aliphatic heterocycles. The molecule has 0 radical (unpaired) electrons. The van der Waals surface area contributed by atoms with Crippen LogP contribution in [-0.2, 0) is 37.3 Å². The topological polar surface area (TPSA) is 59.6 Å². The number of rotatable bonds is 9. The van der Waals surface area contributed by atoms with E-state index in [0.29, 0.717) is 26.3 Å². The van der Waals surface area contributed by atoms with Crippen LogP contribution in [0.2, 0.25) is 0 Å². The summed E-state index contributed by atoms with van der Waals surface area (Å²) >= 11 is 0. The Balaban J connectivity index is 1.13. The average molecular weight is 417 g/mol. The molecule has 0 unspecified atom stereocenters. The molecular weight excluding hydrogens is 388 g/mol. The molecular formula is C26H28N2O3. The zero-order valence-corrected chi connectivity index (χ0v) is 17.6. The Morgan fingerprint density at radius 1 is 0.839 bits per heavy atom. The van der Waals surface area contributed by atoms with Crippen LogP contribution in [0.25, 0.3) is 0 Å². The highest BCUT2D eigenvalue weighted by Gasteiger charge is 2.11. The van der Waals surface area contributed by atoms with Gasteiger partial charge in [0.1, 0.15) is 5.75 Å². The number of fused-ring (bicyclic) bond motifs is 1. The predicted molar refractivity (Wildman–Crippen MR) is 121 cm³/mol. The van der Waals surface area contributed by atoms with Gasteiger partial charge in [0.25, 0.3) is 0 Å². The van der Waals surface area contributed by atoms with E-state index < -0.39 is 0 Å². The van der Waals surface area contributed by atoms with Gasteiger partial charge in [-0.05, 0) is 40.3 Å². The lowest BCUT2D eigenvalue weighted by atomic mass is 10.1. The second-order valence-electron chi connectivity index (χ2n) is 7.69. The molecule has 0 aliphatic carbocycles. The number of carbonyl (C=O) groups excluding carboxylic acids is 1. The van der Waals surface area contributed by atoms with Crippen molar-refractivity contribution in [1.29, 1.82) is 0 Å². The van der Waals surface area contributed by atoms with Crippen LogP contribution in [0, 0.1) is 0 Å². The Morgan fingerprint density at radius 3 is 2.35 bits per heavy atom. The third-order valence-electron chi connectivity index (χ3n) is 5.31. The van der Waals surface area contributed by atoms with Crippen molar-refractivity contribution in [3.63, 3.8) is 0 Å². The molecule has 1 heterocycles. The number of hydrogen-bond acceptors (Lipinski definition) is 3. The van der Waals surface area contributed by atoms with Gasteiger partial charge in [-0.2, -0.15) is 0 Å². The number of hydrogen-bond donors (Lipinski definition) is 2. The summed E-state index contributed by atoms with van der Waals surface area (Å²) < 4.78 is 11.3. The largest absolute Gasteiger partial charge is 0.493 e. The van der Waals surface area contributed by atoms with Crippen molar-refractivity contribution in [1.82, 2.24) is 10.6 Å². The molecule has 0 atom stereocenters. The van der Waals surface area contributed by atoms with Crippen molar-refractivity contribution in [3.8, 4) is 5.75 Å². The summed E-state index contributed by atoms with van der Waals surface area (Å²) in [6, 6.07) is 24.4. The summed E-state index contributed by atoms with van der Waals surface area (Å²) in [5.74, 6) is 0.989. The molecule has 5 nitrogen and oxygen atoms in total. The molecule has 4 rings (SSSR count). The van der Waals surface area contributed by atoms with Crippen molar-refractivity contribution >= 4 is 6.03 Å². The smallest absolute Gasteiger partial charge is 0.315 e. The standard InChI is InChI=1S/C26H28N2O3/c29-26(27-14-12-20-10-11-25-24(16-20)13-15-31-25)28-17-21-6-8-23(9-7-21)19-30-18-22-4-2-1-3-5-22/h1-11,16H,12-15,17-19H2,(H2,27,28,29). The molecule has 2 N–H and O–H groups in total. The minimum Gasteiger partial charge on any atom is -0.493 e. The van der Waals surface area contributed by atoms with Gasteiger partial charge >= 0.3 is 6.03 Å². The van der Waals surface area contributed by atoms with E-state index in [-0.39, 0.29) is 6.03 Å². The van der Waals surface area contributed by atoms with Gasteiger partial charge in [0.2, 0.25) is 0 Å². The SMILES string of the molecule is O=C(NCCc1ccc2c(c1)CCO2)NCc1ccc(COCc2ccccc2)cc1. The first kappa shape index (κ1) is 20.9. The minimum atomic E-state index is -0.153. The Kier molecular flexibility index (Phi) is 7.19. The maximum atomic E-state index is 12.1. The van der Waals surface area contributed by atoms with Crippen LogP contribution in [0.5, 0.6) is 5.75 Å². The summed E-state index contributed by atoms with van der Waals surface area (Å²) in [6.45, 7) is 3.03. The zero-order valence-electron chi connectivity index (χ0n) is 17.6. The lowest BCUT2D eigenvalue weighted by molar-refractivity contribution is 0.107. The van der Waals surface area contributed by atoms with Gasteiger partial charge < -0.3 is 20.1 Å².